The molecular formula is C8H10N4O4. The Morgan fingerprint density at radius 1 is 1.56 bits per heavy atom. The predicted octanol–water partition coefficient (Wildman–Crippen LogP) is -1.54. The van der Waals surface area contributed by atoms with Gasteiger partial charge in [0, 0.05) is 13.0 Å². The molecule has 1 saturated heterocycles. The van der Waals surface area contributed by atoms with Crippen LogP contribution in [-0.4, -0.2) is 61.1 Å². The monoisotopic (exact) mass is 226 g/mol. The van der Waals surface area contributed by atoms with Crippen LogP contribution in [0.25, 0.3) is 0 Å². The van der Waals surface area contributed by atoms with E-state index in [9.17, 15) is 14.7 Å². The van der Waals surface area contributed by atoms with Crippen LogP contribution in [0.15, 0.2) is 6.20 Å². The van der Waals surface area contributed by atoms with E-state index in [1.807, 2.05) is 0 Å². The SMILES string of the molecule is O=C(O)[C@@H]1CC(O)CN1C(=O)c1cn[nH]n1. The van der Waals surface area contributed by atoms with Gasteiger partial charge in [0.05, 0.1) is 12.3 Å². The Morgan fingerprint density at radius 2 is 2.31 bits per heavy atom. The molecule has 2 heterocycles. The molecule has 0 aromatic carbocycles. The highest BCUT2D eigenvalue weighted by Crippen LogP contribution is 2.19. The molecule has 0 bridgehead atoms. The van der Waals surface area contributed by atoms with E-state index in [1.165, 1.54) is 6.20 Å². The lowest BCUT2D eigenvalue weighted by molar-refractivity contribution is -0.141. The zero-order valence-electron chi connectivity index (χ0n) is 8.20. The van der Waals surface area contributed by atoms with Gasteiger partial charge in [0.15, 0.2) is 5.69 Å². The van der Waals surface area contributed by atoms with Crippen molar-refractivity contribution in [1.29, 1.82) is 0 Å². The third-order valence-electron chi connectivity index (χ3n) is 2.46. The van der Waals surface area contributed by atoms with Crippen LogP contribution < -0.4 is 0 Å². The predicted molar refractivity (Wildman–Crippen MR) is 49.5 cm³/mol. The number of β-amino-alcohol motifs (C(OH)–C–C–N with tert-alkyl or cyclic N) is 1. The highest BCUT2D eigenvalue weighted by molar-refractivity contribution is 5.95. The van der Waals surface area contributed by atoms with E-state index in [2.05, 4.69) is 15.4 Å². The van der Waals surface area contributed by atoms with E-state index in [1.54, 1.807) is 0 Å². The summed E-state index contributed by atoms with van der Waals surface area (Å²) >= 11 is 0. The van der Waals surface area contributed by atoms with Crippen molar-refractivity contribution in [2.24, 2.45) is 0 Å². The molecule has 1 fully saturated rings. The average molecular weight is 226 g/mol. The summed E-state index contributed by atoms with van der Waals surface area (Å²) in [5.74, 6) is -1.67. The van der Waals surface area contributed by atoms with Gasteiger partial charge in [0.25, 0.3) is 5.91 Å². The fourth-order valence-corrected chi connectivity index (χ4v) is 1.72. The van der Waals surface area contributed by atoms with Crippen molar-refractivity contribution >= 4 is 11.9 Å². The van der Waals surface area contributed by atoms with Gasteiger partial charge in [-0.3, -0.25) is 4.79 Å². The topological polar surface area (TPSA) is 119 Å². The molecule has 1 aromatic heterocycles. The molecule has 0 aliphatic carbocycles. The van der Waals surface area contributed by atoms with Crippen LogP contribution in [0.5, 0.6) is 0 Å². The standard InChI is InChI=1S/C8H10N4O4/c13-4-1-6(8(15)16)12(3-4)7(14)5-2-9-11-10-5/h2,4,6,13H,1,3H2,(H,15,16)(H,9,10,11)/t4?,6-/m0/s1. The highest BCUT2D eigenvalue weighted by Gasteiger charge is 2.39. The molecular weight excluding hydrogens is 216 g/mol. The molecule has 1 aliphatic rings. The number of aromatic nitrogens is 3. The van der Waals surface area contributed by atoms with Crippen molar-refractivity contribution in [2.75, 3.05) is 6.54 Å². The van der Waals surface area contributed by atoms with Crippen LogP contribution >= 0.6 is 0 Å². The Balaban J connectivity index is 2.20. The minimum Gasteiger partial charge on any atom is -0.480 e. The second-order valence-corrected chi connectivity index (χ2v) is 3.56. The molecule has 8 nitrogen and oxygen atoms in total. The number of aliphatic hydroxyl groups excluding tert-OH is 1. The third kappa shape index (κ3) is 1.74. The van der Waals surface area contributed by atoms with Gasteiger partial charge >= 0.3 is 5.97 Å². The molecule has 1 aliphatic heterocycles. The van der Waals surface area contributed by atoms with E-state index < -0.39 is 24.0 Å². The van der Waals surface area contributed by atoms with Crippen LogP contribution in [0.4, 0.5) is 0 Å². The van der Waals surface area contributed by atoms with E-state index in [-0.39, 0.29) is 18.7 Å². The Morgan fingerprint density at radius 3 is 2.88 bits per heavy atom. The number of carbonyl (C=O) groups is 2. The first kappa shape index (κ1) is 10.6. The molecule has 1 unspecified atom stereocenters. The number of nitrogens with one attached hydrogen (secondary N) is 1. The molecule has 2 rings (SSSR count). The summed E-state index contributed by atoms with van der Waals surface area (Å²) in [5, 5.41) is 27.6. The first-order valence-corrected chi connectivity index (χ1v) is 4.67. The van der Waals surface area contributed by atoms with E-state index >= 15 is 0 Å². The molecule has 8 heteroatoms. The number of carboxylic acids is 1. The lowest BCUT2D eigenvalue weighted by atomic mass is 10.2. The largest absolute Gasteiger partial charge is 0.480 e. The average Bonchev–Trinajstić information content (AvgIpc) is 2.84. The maximum atomic E-state index is 11.8. The molecule has 0 saturated carbocycles. The third-order valence-corrected chi connectivity index (χ3v) is 2.46. The number of aromatic amines is 1. The first-order chi connectivity index (χ1) is 7.59. The maximum absolute atomic E-state index is 11.8. The number of hydrogen-bond donors (Lipinski definition) is 3. The van der Waals surface area contributed by atoms with Crippen molar-refractivity contribution in [3.63, 3.8) is 0 Å². The van der Waals surface area contributed by atoms with Gasteiger partial charge in [-0.1, -0.05) is 0 Å². The summed E-state index contributed by atoms with van der Waals surface area (Å²) in [6.07, 6.45) is 0.446. The van der Waals surface area contributed by atoms with Crippen molar-refractivity contribution in [2.45, 2.75) is 18.6 Å². The fourth-order valence-electron chi connectivity index (χ4n) is 1.72. The molecule has 1 amide bonds. The summed E-state index contributed by atoms with van der Waals surface area (Å²) in [7, 11) is 0. The number of hydrogen-bond acceptors (Lipinski definition) is 5. The minimum absolute atomic E-state index is 0.00264. The smallest absolute Gasteiger partial charge is 0.326 e. The number of nitrogens with zero attached hydrogens (tertiary/aromatic N) is 3. The van der Waals surface area contributed by atoms with Gasteiger partial charge in [-0.15, -0.1) is 0 Å². The number of H-pyrrole nitrogens is 1. The zero-order chi connectivity index (χ0) is 11.7. The lowest BCUT2D eigenvalue weighted by Gasteiger charge is -2.19. The lowest BCUT2D eigenvalue weighted by Crippen LogP contribution is -2.40. The zero-order valence-corrected chi connectivity index (χ0v) is 8.20. The Kier molecular flexibility index (Phi) is 2.57. The fraction of sp³-hybridized carbons (Fsp3) is 0.500. The van der Waals surface area contributed by atoms with Gasteiger partial charge in [-0.25, -0.2) is 4.79 Å². The number of likely N-dealkylation sites (tertiary alicyclic amines) is 1. The second kappa shape index (κ2) is 3.89. The molecule has 16 heavy (non-hydrogen) atoms. The van der Waals surface area contributed by atoms with Crippen molar-refractivity contribution < 1.29 is 19.8 Å². The Hall–Kier alpha value is -1.96. The summed E-state index contributed by atoms with van der Waals surface area (Å²) in [6, 6.07) is -1.00. The number of aliphatic hydroxyl groups is 1. The Labute approximate surface area is 89.9 Å². The van der Waals surface area contributed by atoms with Gasteiger partial charge in [0.2, 0.25) is 0 Å². The van der Waals surface area contributed by atoms with Crippen molar-refractivity contribution in [3.05, 3.63) is 11.9 Å². The second-order valence-electron chi connectivity index (χ2n) is 3.56. The number of aliphatic carboxylic acids is 1. The van der Waals surface area contributed by atoms with Crippen LogP contribution in [0.2, 0.25) is 0 Å². The number of carbonyl (C=O) groups excluding carboxylic acids is 1. The van der Waals surface area contributed by atoms with Crippen molar-refractivity contribution in [1.82, 2.24) is 20.3 Å². The van der Waals surface area contributed by atoms with Crippen molar-refractivity contribution in [3.8, 4) is 0 Å². The van der Waals surface area contributed by atoms with E-state index in [0.29, 0.717) is 0 Å². The molecule has 3 N–H and O–H groups in total. The summed E-state index contributed by atoms with van der Waals surface area (Å²) in [5.41, 5.74) is 0.0420. The summed E-state index contributed by atoms with van der Waals surface area (Å²) in [6.45, 7) is 0.00264. The Bertz CT molecular complexity index is 404. The molecule has 1 aromatic rings. The summed E-state index contributed by atoms with van der Waals surface area (Å²) < 4.78 is 0. The van der Waals surface area contributed by atoms with Gasteiger partial charge < -0.3 is 15.1 Å². The normalized spacial score (nSPS) is 24.7. The van der Waals surface area contributed by atoms with Crippen LogP contribution in [-0.2, 0) is 4.79 Å². The molecule has 86 valence electrons. The molecule has 0 radical (unpaired) electrons. The van der Waals surface area contributed by atoms with Crippen LogP contribution in [0.3, 0.4) is 0 Å². The highest BCUT2D eigenvalue weighted by atomic mass is 16.4. The van der Waals surface area contributed by atoms with E-state index in [0.717, 1.165) is 4.90 Å². The number of carboxylic acid groups (broad SMARTS) is 1. The van der Waals surface area contributed by atoms with Gasteiger partial charge in [-0.05, 0) is 0 Å². The quantitative estimate of drug-likeness (QED) is 0.562. The van der Waals surface area contributed by atoms with Crippen LogP contribution in [0.1, 0.15) is 16.9 Å². The minimum atomic E-state index is -1.13. The van der Waals surface area contributed by atoms with E-state index in [4.69, 9.17) is 5.11 Å². The summed E-state index contributed by atoms with van der Waals surface area (Å²) in [4.78, 5) is 23.8. The van der Waals surface area contributed by atoms with Gasteiger partial charge in [0.1, 0.15) is 6.04 Å². The maximum Gasteiger partial charge on any atom is 0.326 e. The van der Waals surface area contributed by atoms with Crippen LogP contribution in [0, 0.1) is 0 Å². The molecule has 0 spiro atoms. The number of amides is 1. The van der Waals surface area contributed by atoms with Gasteiger partial charge in [-0.2, -0.15) is 15.4 Å². The molecule has 2 atom stereocenters. The first-order valence-electron chi connectivity index (χ1n) is 4.67. The number of rotatable bonds is 2.